The first kappa shape index (κ1) is 15.5. The van der Waals surface area contributed by atoms with Gasteiger partial charge in [-0.3, -0.25) is 4.79 Å². The maximum absolute atomic E-state index is 11.8. The predicted octanol–water partition coefficient (Wildman–Crippen LogP) is 2.47. The van der Waals surface area contributed by atoms with Crippen LogP contribution in [0.25, 0.3) is 0 Å². The van der Waals surface area contributed by atoms with Gasteiger partial charge in [0.1, 0.15) is 5.69 Å². The molecule has 0 aromatic carbocycles. The van der Waals surface area contributed by atoms with E-state index in [4.69, 9.17) is 4.74 Å². The van der Waals surface area contributed by atoms with Crippen LogP contribution in [0, 0.1) is 0 Å². The second-order valence-electron chi connectivity index (χ2n) is 5.40. The van der Waals surface area contributed by atoms with Gasteiger partial charge in [-0.25, -0.2) is 9.78 Å². The Kier molecular flexibility index (Phi) is 6.19. The number of esters is 1. The van der Waals surface area contributed by atoms with E-state index in [2.05, 4.69) is 10.3 Å². The first-order valence-corrected chi connectivity index (χ1v) is 7.63. The van der Waals surface area contributed by atoms with Gasteiger partial charge in [-0.1, -0.05) is 38.2 Å². The Hall–Kier alpha value is -1.91. The van der Waals surface area contributed by atoms with Crippen LogP contribution in [0.1, 0.15) is 55.4 Å². The lowest BCUT2D eigenvalue weighted by Crippen LogP contribution is -2.38. The molecule has 0 saturated heterocycles. The SMILES string of the molecule is O=C(COC(=O)c1ccccn1)NC1CCCCCCC1. The second kappa shape index (κ2) is 8.39. The fourth-order valence-corrected chi connectivity index (χ4v) is 2.56. The maximum atomic E-state index is 11.8. The molecule has 1 saturated carbocycles. The van der Waals surface area contributed by atoms with Crippen LogP contribution in [-0.2, 0) is 9.53 Å². The second-order valence-corrected chi connectivity index (χ2v) is 5.40. The van der Waals surface area contributed by atoms with Crippen LogP contribution < -0.4 is 5.32 Å². The molecule has 1 amide bonds. The Morgan fingerprint density at radius 3 is 2.52 bits per heavy atom. The highest BCUT2D eigenvalue weighted by Crippen LogP contribution is 2.16. The number of nitrogens with zero attached hydrogens (tertiary/aromatic N) is 1. The summed E-state index contributed by atoms with van der Waals surface area (Å²) in [6.07, 6.45) is 9.62. The smallest absolute Gasteiger partial charge is 0.357 e. The van der Waals surface area contributed by atoms with Gasteiger partial charge in [0.05, 0.1) is 0 Å². The molecule has 2 rings (SSSR count). The summed E-state index contributed by atoms with van der Waals surface area (Å²) in [5.74, 6) is -0.798. The predicted molar refractivity (Wildman–Crippen MR) is 78.8 cm³/mol. The van der Waals surface area contributed by atoms with Crippen LogP contribution in [0.15, 0.2) is 24.4 Å². The van der Waals surface area contributed by atoms with E-state index >= 15 is 0 Å². The number of rotatable bonds is 4. The van der Waals surface area contributed by atoms with Crippen molar-refractivity contribution in [3.63, 3.8) is 0 Å². The third-order valence-corrected chi connectivity index (χ3v) is 3.68. The van der Waals surface area contributed by atoms with E-state index < -0.39 is 5.97 Å². The van der Waals surface area contributed by atoms with Gasteiger partial charge in [0, 0.05) is 12.2 Å². The summed E-state index contributed by atoms with van der Waals surface area (Å²) in [6.45, 7) is -0.244. The molecule has 0 radical (unpaired) electrons. The van der Waals surface area contributed by atoms with Crippen LogP contribution in [0.4, 0.5) is 0 Å². The molecule has 1 heterocycles. The van der Waals surface area contributed by atoms with Crippen LogP contribution in [0.2, 0.25) is 0 Å². The van der Waals surface area contributed by atoms with Crippen molar-refractivity contribution in [2.45, 2.75) is 51.0 Å². The Bertz CT molecular complexity index is 454. The summed E-state index contributed by atoms with van der Waals surface area (Å²) < 4.78 is 4.97. The Balaban J connectivity index is 1.72. The molecule has 21 heavy (non-hydrogen) atoms. The maximum Gasteiger partial charge on any atom is 0.357 e. The quantitative estimate of drug-likeness (QED) is 0.865. The molecule has 1 aliphatic carbocycles. The number of aromatic nitrogens is 1. The van der Waals surface area contributed by atoms with Gasteiger partial charge >= 0.3 is 5.97 Å². The molecule has 0 bridgehead atoms. The minimum absolute atomic E-state index is 0.214. The van der Waals surface area contributed by atoms with Gasteiger partial charge in [0.2, 0.25) is 0 Å². The third kappa shape index (κ3) is 5.53. The molecule has 1 aliphatic rings. The zero-order chi connectivity index (χ0) is 14.9. The fraction of sp³-hybridized carbons (Fsp3) is 0.562. The monoisotopic (exact) mass is 290 g/mol. The summed E-state index contributed by atoms with van der Waals surface area (Å²) in [7, 11) is 0. The van der Waals surface area contributed by atoms with E-state index in [1.807, 2.05) is 0 Å². The lowest BCUT2D eigenvalue weighted by Gasteiger charge is -2.20. The van der Waals surface area contributed by atoms with E-state index in [9.17, 15) is 9.59 Å². The lowest BCUT2D eigenvalue weighted by atomic mass is 9.97. The van der Waals surface area contributed by atoms with Gasteiger partial charge in [-0.05, 0) is 25.0 Å². The summed E-state index contributed by atoms with van der Waals surface area (Å²) >= 11 is 0. The first-order chi connectivity index (χ1) is 10.3. The molecule has 0 unspecified atom stereocenters. The summed E-state index contributed by atoms with van der Waals surface area (Å²) in [6, 6.07) is 5.21. The molecule has 5 nitrogen and oxygen atoms in total. The number of hydrogen-bond acceptors (Lipinski definition) is 4. The van der Waals surface area contributed by atoms with E-state index in [1.54, 1.807) is 18.2 Å². The van der Waals surface area contributed by atoms with Crippen molar-refractivity contribution < 1.29 is 14.3 Å². The molecule has 1 aromatic rings. The fourth-order valence-electron chi connectivity index (χ4n) is 2.56. The molecule has 5 heteroatoms. The van der Waals surface area contributed by atoms with Gasteiger partial charge < -0.3 is 10.1 Å². The highest BCUT2D eigenvalue weighted by molar-refractivity contribution is 5.89. The minimum Gasteiger partial charge on any atom is -0.451 e. The van der Waals surface area contributed by atoms with Crippen molar-refractivity contribution in [3.8, 4) is 0 Å². The van der Waals surface area contributed by atoms with E-state index in [0.29, 0.717) is 0 Å². The van der Waals surface area contributed by atoms with Crippen molar-refractivity contribution >= 4 is 11.9 Å². The van der Waals surface area contributed by atoms with Crippen LogP contribution in [-0.4, -0.2) is 29.5 Å². The molecule has 114 valence electrons. The molecule has 0 atom stereocenters. The standard InChI is InChI=1S/C16H22N2O3/c19-15(18-13-8-4-2-1-3-5-9-13)12-21-16(20)14-10-6-7-11-17-14/h6-7,10-11,13H,1-5,8-9,12H2,(H,18,19). The largest absolute Gasteiger partial charge is 0.451 e. The highest BCUT2D eigenvalue weighted by atomic mass is 16.5. The number of carbonyl (C=O) groups is 2. The molecular weight excluding hydrogens is 268 g/mol. The lowest BCUT2D eigenvalue weighted by molar-refractivity contribution is -0.125. The zero-order valence-electron chi connectivity index (χ0n) is 12.2. The molecule has 0 spiro atoms. The number of ether oxygens (including phenoxy) is 1. The molecule has 1 fully saturated rings. The average Bonchev–Trinajstić information content (AvgIpc) is 2.48. The minimum atomic E-state index is -0.566. The van der Waals surface area contributed by atoms with Gasteiger partial charge in [-0.15, -0.1) is 0 Å². The summed E-state index contributed by atoms with van der Waals surface area (Å²) in [5, 5.41) is 2.96. The van der Waals surface area contributed by atoms with Crippen LogP contribution >= 0.6 is 0 Å². The van der Waals surface area contributed by atoms with Crippen molar-refractivity contribution in [1.82, 2.24) is 10.3 Å². The normalized spacial score (nSPS) is 16.6. The highest BCUT2D eigenvalue weighted by Gasteiger charge is 2.16. The van der Waals surface area contributed by atoms with Gasteiger partial charge in [0.25, 0.3) is 5.91 Å². The topological polar surface area (TPSA) is 68.3 Å². The molecular formula is C16H22N2O3. The van der Waals surface area contributed by atoms with Crippen molar-refractivity contribution in [2.75, 3.05) is 6.61 Å². The van der Waals surface area contributed by atoms with Crippen molar-refractivity contribution in [2.24, 2.45) is 0 Å². The Morgan fingerprint density at radius 2 is 1.86 bits per heavy atom. The van der Waals surface area contributed by atoms with E-state index in [1.165, 1.54) is 25.5 Å². The number of carbonyl (C=O) groups excluding carboxylic acids is 2. The van der Waals surface area contributed by atoms with Crippen LogP contribution in [0.5, 0.6) is 0 Å². The zero-order valence-corrected chi connectivity index (χ0v) is 12.2. The van der Waals surface area contributed by atoms with Crippen molar-refractivity contribution in [3.05, 3.63) is 30.1 Å². The van der Waals surface area contributed by atoms with Gasteiger partial charge in [-0.2, -0.15) is 0 Å². The number of pyridine rings is 1. The summed E-state index contributed by atoms with van der Waals surface area (Å²) in [4.78, 5) is 27.4. The number of amides is 1. The Morgan fingerprint density at radius 1 is 1.14 bits per heavy atom. The number of nitrogens with one attached hydrogen (secondary N) is 1. The van der Waals surface area contributed by atoms with E-state index in [-0.39, 0.29) is 24.2 Å². The molecule has 1 N–H and O–H groups in total. The Labute approximate surface area is 125 Å². The molecule has 0 aliphatic heterocycles. The molecule has 1 aromatic heterocycles. The third-order valence-electron chi connectivity index (χ3n) is 3.68. The average molecular weight is 290 g/mol. The van der Waals surface area contributed by atoms with Gasteiger partial charge in [0.15, 0.2) is 6.61 Å². The van der Waals surface area contributed by atoms with Crippen LogP contribution in [0.3, 0.4) is 0 Å². The number of hydrogen-bond donors (Lipinski definition) is 1. The van der Waals surface area contributed by atoms with E-state index in [0.717, 1.165) is 25.7 Å². The van der Waals surface area contributed by atoms with Crippen molar-refractivity contribution in [1.29, 1.82) is 0 Å². The first-order valence-electron chi connectivity index (χ1n) is 7.63. The summed E-state index contributed by atoms with van der Waals surface area (Å²) in [5.41, 5.74) is 0.219.